The first kappa shape index (κ1) is 20.4. The molecule has 2 atom stereocenters. The van der Waals surface area contributed by atoms with Crippen molar-refractivity contribution in [3.8, 4) is 0 Å². The molecule has 0 aliphatic carbocycles. The van der Waals surface area contributed by atoms with Crippen LogP contribution in [0.15, 0.2) is 29.2 Å². The molecule has 140 valence electrons. The van der Waals surface area contributed by atoms with Crippen molar-refractivity contribution in [3.05, 3.63) is 34.4 Å². The van der Waals surface area contributed by atoms with Gasteiger partial charge in [-0.05, 0) is 24.8 Å². The van der Waals surface area contributed by atoms with Crippen LogP contribution in [0.3, 0.4) is 0 Å². The molecule has 1 aromatic rings. The molecule has 0 spiro atoms. The van der Waals surface area contributed by atoms with Gasteiger partial charge >= 0.3 is 8.05 Å². The third kappa shape index (κ3) is 4.24. The lowest BCUT2D eigenvalue weighted by atomic mass is 9.87. The normalized spacial score (nSPS) is 19.2. The second-order valence-electron chi connectivity index (χ2n) is 6.32. The molecule has 0 aromatic heterocycles. The maximum atomic E-state index is 12.9. The van der Waals surface area contributed by atoms with Crippen LogP contribution in [-0.2, 0) is 19.5 Å². The lowest BCUT2D eigenvalue weighted by molar-refractivity contribution is -0.387. The summed E-state index contributed by atoms with van der Waals surface area (Å²) in [6, 6.07) is 5.25. The Morgan fingerprint density at radius 3 is 2.77 bits per heavy atom. The van der Waals surface area contributed by atoms with Gasteiger partial charge in [-0.25, -0.2) is 8.42 Å². The van der Waals surface area contributed by atoms with Gasteiger partial charge < -0.3 is 4.65 Å². The Bertz CT molecular complexity index is 770. The van der Waals surface area contributed by atoms with Crippen LogP contribution in [0.5, 0.6) is 0 Å². The van der Waals surface area contributed by atoms with Crippen LogP contribution in [0.4, 0.5) is 5.69 Å². The van der Waals surface area contributed by atoms with Gasteiger partial charge in [0.15, 0.2) is 4.90 Å². The number of nitro benzene ring substituents is 1. The number of hydrogen-bond acceptors (Lipinski definition) is 6. The van der Waals surface area contributed by atoms with Crippen molar-refractivity contribution in [1.29, 1.82) is 0 Å². The van der Waals surface area contributed by atoms with Crippen LogP contribution in [0, 0.1) is 22.0 Å². The van der Waals surface area contributed by atoms with Crippen molar-refractivity contribution in [2.75, 3.05) is 13.1 Å². The van der Waals surface area contributed by atoms with Gasteiger partial charge in [-0.15, -0.1) is 0 Å². The van der Waals surface area contributed by atoms with Gasteiger partial charge in [0.1, 0.15) is 0 Å². The lowest BCUT2D eigenvalue weighted by Crippen LogP contribution is -2.32. The van der Waals surface area contributed by atoms with E-state index in [1.54, 1.807) is 0 Å². The zero-order valence-electron chi connectivity index (χ0n) is 14.5. The minimum Gasteiger partial charge on any atom is -0.543 e. The predicted molar refractivity (Wildman–Crippen MR) is 94.8 cm³/mol. The Hall–Kier alpha value is -1.94. The average Bonchev–Trinajstić information content (AvgIpc) is 3.12. The summed E-state index contributed by atoms with van der Waals surface area (Å²) in [6.07, 6.45) is 2.73. The lowest BCUT2D eigenvalue weighted by Gasteiger charge is -2.22. The third-order valence-corrected chi connectivity index (χ3v) is 6.64. The molecule has 2 radical (unpaired) electrons. The van der Waals surface area contributed by atoms with Crippen molar-refractivity contribution in [3.63, 3.8) is 0 Å². The van der Waals surface area contributed by atoms with Crippen molar-refractivity contribution in [1.82, 2.24) is 4.31 Å². The molecule has 1 heterocycles. The molecule has 1 aliphatic rings. The fourth-order valence-electron chi connectivity index (χ4n) is 3.32. The molecule has 2 rings (SSSR count). The van der Waals surface area contributed by atoms with E-state index >= 15 is 0 Å². The summed E-state index contributed by atoms with van der Waals surface area (Å²) in [5, 5.41) is 11.1. The molecule has 0 amide bonds. The van der Waals surface area contributed by atoms with Crippen LogP contribution in [0.1, 0.15) is 32.6 Å². The Balaban J connectivity index is 2.23. The van der Waals surface area contributed by atoms with E-state index in [2.05, 4.69) is 4.65 Å². The molecule has 8 nitrogen and oxygen atoms in total. The van der Waals surface area contributed by atoms with Crippen LogP contribution in [0.25, 0.3) is 0 Å². The monoisotopic (exact) mass is 380 g/mol. The van der Waals surface area contributed by atoms with Gasteiger partial charge in [0, 0.05) is 19.2 Å². The van der Waals surface area contributed by atoms with Gasteiger partial charge in [0.2, 0.25) is 10.0 Å². The molecule has 1 fully saturated rings. The van der Waals surface area contributed by atoms with E-state index in [0.29, 0.717) is 12.8 Å². The number of benzene rings is 1. The molecule has 1 aromatic carbocycles. The van der Waals surface area contributed by atoms with E-state index in [1.807, 2.05) is 6.92 Å². The summed E-state index contributed by atoms with van der Waals surface area (Å²) in [4.78, 5) is 22.1. The Labute approximate surface area is 154 Å². The highest BCUT2D eigenvalue weighted by molar-refractivity contribution is 7.89. The zero-order chi connectivity index (χ0) is 19.3. The van der Waals surface area contributed by atoms with E-state index in [0.717, 1.165) is 18.9 Å². The molecule has 26 heavy (non-hydrogen) atoms. The predicted octanol–water partition coefficient (Wildman–Crippen LogP) is 2.04. The highest BCUT2D eigenvalue weighted by Gasteiger charge is 2.40. The molecular formula is C16H21BN2O6S. The third-order valence-electron chi connectivity index (χ3n) is 4.72. The number of nitrogens with zero attached hydrogens (tertiary/aromatic N) is 2. The molecule has 0 N–H and O–H groups in total. The van der Waals surface area contributed by atoms with E-state index in [4.69, 9.17) is 8.05 Å². The van der Waals surface area contributed by atoms with Crippen LogP contribution in [-0.4, -0.2) is 44.8 Å². The quantitative estimate of drug-likeness (QED) is 0.388. The average molecular weight is 380 g/mol. The maximum Gasteiger partial charge on any atom is 0.378 e. The summed E-state index contributed by atoms with van der Waals surface area (Å²) in [6.45, 7) is 2.29. The summed E-state index contributed by atoms with van der Waals surface area (Å²) in [5.74, 6) is -1.26. The largest absolute Gasteiger partial charge is 0.543 e. The van der Waals surface area contributed by atoms with Crippen molar-refractivity contribution in [2.24, 2.45) is 11.8 Å². The Kier molecular flexibility index (Phi) is 6.77. The number of hydrogen-bond donors (Lipinski definition) is 0. The summed E-state index contributed by atoms with van der Waals surface area (Å²) >= 11 is 0. The SMILES string of the molecule is [B]OC(=O)C(CCCC)[C@H]1CCN(S(=O)(=O)c2ccccc2[N+](=O)[O-])C1. The first-order chi connectivity index (χ1) is 12.3. The number of rotatable bonds is 8. The molecule has 1 saturated heterocycles. The summed E-state index contributed by atoms with van der Waals surface area (Å²) in [7, 11) is 0.995. The highest BCUT2D eigenvalue weighted by Crippen LogP contribution is 2.34. The fourth-order valence-corrected chi connectivity index (χ4v) is 4.99. The Morgan fingerprint density at radius 1 is 1.46 bits per heavy atom. The first-order valence-electron chi connectivity index (χ1n) is 8.47. The number of carbonyl (C=O) groups is 1. The number of para-hydroxylation sites is 1. The van der Waals surface area contributed by atoms with Crippen LogP contribution < -0.4 is 0 Å². The number of sulfonamides is 1. The standard InChI is InChI=1S/C16H21BN2O6S/c1-2-3-6-13(16(20)25-17)12-9-10-18(11-12)26(23,24)15-8-5-4-7-14(15)19(21)22/h4-5,7-8,12-13H,2-3,6,9-11H2,1H3/t12-,13?/m0/s1. The van der Waals surface area contributed by atoms with E-state index in [-0.39, 0.29) is 23.9 Å². The second-order valence-corrected chi connectivity index (χ2v) is 8.23. The zero-order valence-corrected chi connectivity index (χ0v) is 15.4. The van der Waals surface area contributed by atoms with Crippen molar-refractivity contribution >= 4 is 29.7 Å². The molecular weight excluding hydrogens is 359 g/mol. The van der Waals surface area contributed by atoms with E-state index in [9.17, 15) is 23.3 Å². The maximum absolute atomic E-state index is 12.9. The van der Waals surface area contributed by atoms with Crippen LogP contribution >= 0.6 is 0 Å². The summed E-state index contributed by atoms with van der Waals surface area (Å²) < 4.78 is 31.3. The van der Waals surface area contributed by atoms with Crippen LogP contribution in [0.2, 0.25) is 0 Å². The summed E-state index contributed by atoms with van der Waals surface area (Å²) in [5.41, 5.74) is -0.458. The second kappa shape index (κ2) is 8.63. The number of nitro groups is 1. The number of unbranched alkanes of at least 4 members (excludes halogenated alkanes) is 1. The van der Waals surface area contributed by atoms with Gasteiger partial charge in [0.05, 0.1) is 10.8 Å². The molecule has 0 saturated carbocycles. The van der Waals surface area contributed by atoms with Gasteiger partial charge in [-0.2, -0.15) is 4.31 Å². The minimum absolute atomic E-state index is 0.109. The minimum atomic E-state index is -4.03. The number of carbonyl (C=O) groups excluding carboxylic acids is 1. The van der Waals surface area contributed by atoms with E-state index in [1.165, 1.54) is 22.5 Å². The molecule has 0 bridgehead atoms. The Morgan fingerprint density at radius 2 is 2.15 bits per heavy atom. The van der Waals surface area contributed by atoms with Gasteiger partial charge in [-0.1, -0.05) is 31.9 Å². The molecule has 10 heteroatoms. The molecule has 1 unspecified atom stereocenters. The fraction of sp³-hybridized carbons (Fsp3) is 0.562. The van der Waals surface area contributed by atoms with Crippen molar-refractivity contribution in [2.45, 2.75) is 37.5 Å². The first-order valence-corrected chi connectivity index (χ1v) is 9.91. The van der Waals surface area contributed by atoms with Gasteiger partial charge in [0.25, 0.3) is 11.7 Å². The van der Waals surface area contributed by atoms with Gasteiger partial charge in [-0.3, -0.25) is 14.9 Å². The smallest absolute Gasteiger partial charge is 0.378 e. The topological polar surface area (TPSA) is 107 Å². The van der Waals surface area contributed by atoms with Crippen molar-refractivity contribution < 1.29 is 22.8 Å². The molecule has 1 aliphatic heterocycles. The highest BCUT2D eigenvalue weighted by atomic mass is 32.2. The van der Waals surface area contributed by atoms with E-state index < -0.39 is 32.5 Å².